The Bertz CT molecular complexity index is 2170. The molecule has 2 atom stereocenters. The van der Waals surface area contributed by atoms with E-state index in [4.69, 9.17) is 52.1 Å². The van der Waals surface area contributed by atoms with Gasteiger partial charge in [0.15, 0.2) is 12.6 Å². The molecule has 0 saturated carbocycles. The molecular formula is C40H36Cl2N4O6. The highest BCUT2D eigenvalue weighted by Gasteiger charge is 2.17. The van der Waals surface area contributed by atoms with Gasteiger partial charge < -0.3 is 39.1 Å². The molecule has 10 nitrogen and oxygen atoms in total. The van der Waals surface area contributed by atoms with E-state index >= 15 is 0 Å². The number of hydrogen-bond donors (Lipinski definition) is 4. The van der Waals surface area contributed by atoms with Crippen molar-refractivity contribution in [2.24, 2.45) is 0 Å². The number of benzene rings is 2. The molecule has 0 amide bonds. The minimum absolute atomic E-state index is 0.277. The van der Waals surface area contributed by atoms with Gasteiger partial charge in [-0.15, -0.1) is 0 Å². The molecule has 2 aliphatic rings. The quantitative estimate of drug-likeness (QED) is 0.0915. The number of methoxy groups -OCH3 is 2. The van der Waals surface area contributed by atoms with Gasteiger partial charge in [0, 0.05) is 49.2 Å². The van der Waals surface area contributed by atoms with Crippen LogP contribution in [0.4, 0.5) is 0 Å². The summed E-state index contributed by atoms with van der Waals surface area (Å²) in [5, 5.41) is 20.5. The third kappa shape index (κ3) is 7.63. The van der Waals surface area contributed by atoms with Crippen LogP contribution < -0.4 is 9.47 Å². The van der Waals surface area contributed by atoms with E-state index in [0.717, 1.165) is 33.3 Å². The summed E-state index contributed by atoms with van der Waals surface area (Å²) in [6, 6.07) is 23.1. The molecule has 0 saturated heterocycles. The first-order valence-corrected chi connectivity index (χ1v) is 17.4. The molecule has 7 rings (SSSR count). The van der Waals surface area contributed by atoms with Crippen LogP contribution in [0.1, 0.15) is 35.6 Å². The van der Waals surface area contributed by atoms with Gasteiger partial charge >= 0.3 is 0 Å². The SMILES string of the molecule is COC(O)CCOc1cccc(-c2c3nc(c(Cl)c4ccc([nH]4)c(-c4cccc(OCCC(O)OC)c4)c4nc(c(Cl)c5ccc2[nH]5)C=C4)C=C3)c1. The highest BCUT2D eigenvalue weighted by atomic mass is 35.5. The van der Waals surface area contributed by atoms with Gasteiger partial charge in [-0.25, -0.2) is 9.97 Å². The zero-order valence-electron chi connectivity index (χ0n) is 28.4. The summed E-state index contributed by atoms with van der Waals surface area (Å²) < 4.78 is 21.8. The average Bonchev–Trinajstić information content (AvgIpc) is 4.00. The number of H-pyrrole nitrogens is 2. The Morgan fingerprint density at radius 3 is 1.40 bits per heavy atom. The van der Waals surface area contributed by atoms with Crippen LogP contribution in [0.2, 0.25) is 10.0 Å². The highest BCUT2D eigenvalue weighted by Crippen LogP contribution is 2.37. The van der Waals surface area contributed by atoms with Gasteiger partial charge in [-0.1, -0.05) is 47.5 Å². The predicted molar refractivity (Wildman–Crippen MR) is 206 cm³/mol. The standard InChI is InChI=1S/C40H36Cl2N4O6/c1-49-35(47)17-19-51-25-7-3-5-23(21-25)37-27-9-13-31(43-27)39(41)33-15-11-29(45-33)38(24-6-4-8-26(22-24)52-20-18-36(48)50-2)30-12-16-34(46-30)40(42)32-14-10-28(37)44-32/h3-16,21-22,35-36,43,46-48H,17-20H2,1-2H3. The molecule has 2 aromatic carbocycles. The molecule has 0 aliphatic carbocycles. The van der Waals surface area contributed by atoms with Gasteiger partial charge in [0.05, 0.1) is 57.1 Å². The zero-order valence-corrected chi connectivity index (χ0v) is 29.9. The average molecular weight is 740 g/mol. The maximum absolute atomic E-state index is 9.78. The van der Waals surface area contributed by atoms with Crippen LogP contribution in [0.3, 0.4) is 0 Å². The van der Waals surface area contributed by atoms with Crippen molar-refractivity contribution in [3.05, 3.63) is 106 Å². The molecule has 4 N–H and O–H groups in total. The summed E-state index contributed by atoms with van der Waals surface area (Å²) in [4.78, 5) is 17.0. The Morgan fingerprint density at radius 1 is 0.577 bits per heavy atom. The Kier molecular flexibility index (Phi) is 10.7. The Morgan fingerprint density at radius 2 is 0.981 bits per heavy atom. The van der Waals surface area contributed by atoms with E-state index in [1.54, 1.807) is 0 Å². The third-order valence-electron chi connectivity index (χ3n) is 8.68. The first-order valence-electron chi connectivity index (χ1n) is 16.7. The number of fused-ring (bicyclic) bond motifs is 8. The summed E-state index contributed by atoms with van der Waals surface area (Å²) in [6.45, 7) is 0.554. The zero-order chi connectivity index (χ0) is 36.2. The molecule has 5 aromatic rings. The number of nitrogens with one attached hydrogen (secondary N) is 2. The van der Waals surface area contributed by atoms with Gasteiger partial charge in [0.2, 0.25) is 0 Å². The molecular weight excluding hydrogens is 703 g/mol. The Labute approximate surface area is 309 Å². The summed E-state index contributed by atoms with van der Waals surface area (Å²) in [5.74, 6) is 1.27. The summed E-state index contributed by atoms with van der Waals surface area (Å²) in [7, 11) is 2.90. The Hall–Kier alpha value is -4.94. The van der Waals surface area contributed by atoms with Crippen LogP contribution in [-0.4, -0.2) is 70.2 Å². The molecule has 12 heteroatoms. The van der Waals surface area contributed by atoms with Crippen LogP contribution in [0.25, 0.3) is 68.6 Å². The van der Waals surface area contributed by atoms with Gasteiger partial charge in [0.1, 0.15) is 11.5 Å². The fraction of sp³-hybridized carbons (Fsp3) is 0.200. The van der Waals surface area contributed by atoms with Gasteiger partial charge in [-0.05, 0) is 84.0 Å². The molecule has 3 aromatic heterocycles. The van der Waals surface area contributed by atoms with E-state index in [1.165, 1.54) is 14.2 Å². The van der Waals surface area contributed by atoms with Crippen molar-refractivity contribution < 1.29 is 29.2 Å². The van der Waals surface area contributed by atoms with E-state index in [-0.39, 0.29) is 13.2 Å². The molecule has 8 bridgehead atoms. The maximum Gasteiger partial charge on any atom is 0.157 e. The Balaban J connectivity index is 1.40. The number of aliphatic hydroxyl groups excluding tert-OH is 2. The number of aliphatic hydroxyl groups is 2. The fourth-order valence-electron chi connectivity index (χ4n) is 6.02. The normalized spacial score (nSPS) is 13.3. The van der Waals surface area contributed by atoms with Crippen molar-refractivity contribution >= 4 is 69.6 Å². The number of ether oxygens (including phenoxy) is 4. The summed E-state index contributed by atoms with van der Waals surface area (Å²) in [6.07, 6.45) is 6.50. The van der Waals surface area contributed by atoms with Crippen LogP contribution in [0.5, 0.6) is 11.5 Å². The second-order valence-electron chi connectivity index (χ2n) is 12.1. The highest BCUT2D eigenvalue weighted by molar-refractivity contribution is 6.36. The van der Waals surface area contributed by atoms with Crippen molar-refractivity contribution in [2.45, 2.75) is 25.4 Å². The smallest absolute Gasteiger partial charge is 0.157 e. The van der Waals surface area contributed by atoms with Crippen LogP contribution >= 0.6 is 23.2 Å². The monoisotopic (exact) mass is 738 g/mol. The second kappa shape index (κ2) is 15.7. The van der Waals surface area contributed by atoms with E-state index in [1.807, 2.05) is 97.1 Å². The van der Waals surface area contributed by atoms with Crippen molar-refractivity contribution in [1.82, 2.24) is 19.9 Å². The minimum Gasteiger partial charge on any atom is -0.493 e. The fourth-order valence-corrected chi connectivity index (χ4v) is 6.45. The van der Waals surface area contributed by atoms with Gasteiger partial charge in [0.25, 0.3) is 0 Å². The first kappa shape index (κ1) is 35.5. The predicted octanol–water partition coefficient (Wildman–Crippen LogP) is 8.76. The number of nitrogens with zero attached hydrogens (tertiary/aromatic N) is 2. The summed E-state index contributed by atoms with van der Waals surface area (Å²) in [5.41, 5.74) is 8.84. The minimum atomic E-state index is -0.899. The number of aromatic amines is 2. The van der Waals surface area contributed by atoms with E-state index in [2.05, 4.69) is 9.97 Å². The molecule has 0 spiro atoms. The molecule has 2 unspecified atom stereocenters. The summed E-state index contributed by atoms with van der Waals surface area (Å²) >= 11 is 14.1. The molecule has 0 fully saturated rings. The van der Waals surface area contributed by atoms with Crippen LogP contribution in [0, 0.1) is 0 Å². The van der Waals surface area contributed by atoms with Crippen molar-refractivity contribution in [3.8, 4) is 33.8 Å². The van der Waals surface area contributed by atoms with E-state index in [0.29, 0.717) is 68.2 Å². The molecule has 52 heavy (non-hydrogen) atoms. The second-order valence-corrected chi connectivity index (χ2v) is 12.8. The van der Waals surface area contributed by atoms with Crippen LogP contribution in [-0.2, 0) is 9.47 Å². The lowest BCUT2D eigenvalue weighted by Gasteiger charge is -2.11. The molecule has 5 heterocycles. The number of halogens is 2. The van der Waals surface area contributed by atoms with E-state index < -0.39 is 12.6 Å². The maximum atomic E-state index is 9.78. The lowest BCUT2D eigenvalue weighted by molar-refractivity contribution is -0.0838. The van der Waals surface area contributed by atoms with E-state index in [9.17, 15) is 10.2 Å². The van der Waals surface area contributed by atoms with Gasteiger partial charge in [-0.3, -0.25) is 0 Å². The molecule has 266 valence electrons. The number of hydrogen-bond acceptors (Lipinski definition) is 8. The van der Waals surface area contributed by atoms with Gasteiger partial charge in [-0.2, -0.15) is 0 Å². The first-order chi connectivity index (χ1) is 25.3. The molecule has 0 radical (unpaired) electrons. The molecule has 2 aliphatic heterocycles. The third-order valence-corrected chi connectivity index (χ3v) is 9.48. The lowest BCUT2D eigenvalue weighted by Crippen LogP contribution is -2.13. The van der Waals surface area contributed by atoms with Crippen LogP contribution in [0.15, 0.2) is 72.8 Å². The number of aromatic nitrogens is 4. The lowest BCUT2D eigenvalue weighted by atomic mass is 10.0. The largest absolute Gasteiger partial charge is 0.493 e. The topological polar surface area (TPSA) is 135 Å². The van der Waals surface area contributed by atoms with Crippen molar-refractivity contribution in [1.29, 1.82) is 0 Å². The van der Waals surface area contributed by atoms with Crippen molar-refractivity contribution in [2.75, 3.05) is 27.4 Å². The number of rotatable bonds is 12. The van der Waals surface area contributed by atoms with Crippen molar-refractivity contribution in [3.63, 3.8) is 0 Å².